The van der Waals surface area contributed by atoms with Gasteiger partial charge in [-0.25, -0.2) is 0 Å². The summed E-state index contributed by atoms with van der Waals surface area (Å²) in [4.78, 5) is 10.0. The number of unbranched alkanes of at least 4 members (excludes halogenated alkanes) is 17. The molecule has 1 unspecified atom stereocenters. The molecule has 58 heavy (non-hydrogen) atoms. The van der Waals surface area contributed by atoms with Gasteiger partial charge in [0.05, 0.1) is 63.0 Å². The first-order valence-corrected chi connectivity index (χ1v) is 20.9. The molecule has 0 bridgehead atoms. The van der Waals surface area contributed by atoms with Gasteiger partial charge in [0.2, 0.25) is 23.0 Å². The van der Waals surface area contributed by atoms with Gasteiger partial charge < -0.3 is 47.8 Å². The van der Waals surface area contributed by atoms with Crippen molar-refractivity contribution in [2.45, 2.75) is 148 Å². The highest BCUT2D eigenvalue weighted by atomic mass is 16.6. The molecule has 0 aliphatic rings. The number of ether oxygens (including phenoxy) is 8. The van der Waals surface area contributed by atoms with E-state index in [1.165, 1.54) is 77.0 Å². The molecule has 2 aromatic carbocycles. The molecule has 0 heterocycles. The summed E-state index contributed by atoms with van der Waals surface area (Å²) in [7, 11) is 12.6. The van der Waals surface area contributed by atoms with Crippen LogP contribution >= 0.6 is 0 Å². The van der Waals surface area contributed by atoms with E-state index in [2.05, 4.69) is 11.8 Å². The van der Waals surface area contributed by atoms with E-state index in [0.29, 0.717) is 58.0 Å². The maximum absolute atomic E-state index is 10.9. The quantitative estimate of drug-likeness (QED) is 0.0484. The van der Waals surface area contributed by atoms with Crippen LogP contribution in [0.15, 0.2) is 6.07 Å². The van der Waals surface area contributed by atoms with E-state index in [9.17, 15) is 9.90 Å². The summed E-state index contributed by atoms with van der Waals surface area (Å²) >= 11 is 0. The van der Waals surface area contributed by atoms with E-state index in [4.69, 9.17) is 50.7 Å². The Hall–Kier alpha value is -4.41. The van der Waals surface area contributed by atoms with E-state index in [1.807, 2.05) is 19.9 Å². The average Bonchev–Trinajstić information content (AvgIpc) is 3.24. The second-order valence-corrected chi connectivity index (χ2v) is 14.0. The van der Waals surface area contributed by atoms with Crippen LogP contribution in [0.4, 0.5) is 0 Å². The van der Waals surface area contributed by atoms with Gasteiger partial charge >= 0.3 is 0 Å². The minimum absolute atomic E-state index is 0.441. The SMILES string of the molecule is C#CCCCCCCCCCCC(O)c1c(C)c(OC)c(OC)c(OC)c1OC.C#CCCCCCCCCCCC=O.COc1cc(C)c(OC)c(OC)c1OC. The minimum Gasteiger partial charge on any atom is -0.493 e. The van der Waals surface area contributed by atoms with Gasteiger partial charge in [0, 0.05) is 30.4 Å². The zero-order valence-electron chi connectivity index (χ0n) is 37.7. The van der Waals surface area contributed by atoms with Crippen LogP contribution in [-0.4, -0.2) is 68.3 Å². The molecule has 0 saturated heterocycles. The van der Waals surface area contributed by atoms with E-state index in [-0.39, 0.29) is 0 Å². The summed E-state index contributed by atoms with van der Waals surface area (Å²) in [6.07, 6.45) is 33.3. The van der Waals surface area contributed by atoms with Crippen molar-refractivity contribution in [3.05, 3.63) is 22.8 Å². The Balaban J connectivity index is 0.000000937. The third kappa shape index (κ3) is 19.4. The Bertz CT molecular complexity index is 1470. The van der Waals surface area contributed by atoms with Gasteiger partial charge in [-0.05, 0) is 51.2 Å². The first kappa shape index (κ1) is 53.6. The van der Waals surface area contributed by atoms with E-state index in [1.54, 1.807) is 56.9 Å². The van der Waals surface area contributed by atoms with Gasteiger partial charge in [0.1, 0.15) is 6.29 Å². The van der Waals surface area contributed by atoms with Crippen LogP contribution in [0.5, 0.6) is 46.0 Å². The summed E-state index contributed by atoms with van der Waals surface area (Å²) in [5, 5.41) is 10.9. The second kappa shape index (κ2) is 34.6. The molecule has 1 N–H and O–H groups in total. The Morgan fingerprint density at radius 3 is 1.29 bits per heavy atom. The molecule has 0 radical (unpaired) electrons. The smallest absolute Gasteiger partial charge is 0.207 e. The van der Waals surface area contributed by atoms with Gasteiger partial charge in [-0.3, -0.25) is 0 Å². The van der Waals surface area contributed by atoms with Crippen molar-refractivity contribution in [2.24, 2.45) is 0 Å². The normalized spacial score (nSPS) is 10.6. The number of aldehydes is 1. The number of rotatable bonds is 29. The number of aliphatic hydroxyl groups is 1. The average molecular weight is 813 g/mol. The molecule has 2 rings (SSSR count). The highest BCUT2D eigenvalue weighted by molar-refractivity contribution is 5.67. The van der Waals surface area contributed by atoms with Crippen LogP contribution in [-0.2, 0) is 4.79 Å². The van der Waals surface area contributed by atoms with Gasteiger partial charge in [-0.15, -0.1) is 24.7 Å². The molecule has 10 nitrogen and oxygen atoms in total. The fourth-order valence-electron chi connectivity index (χ4n) is 6.80. The third-order valence-electron chi connectivity index (χ3n) is 9.87. The predicted octanol–water partition coefficient (Wildman–Crippen LogP) is 11.3. The summed E-state index contributed by atoms with van der Waals surface area (Å²) in [6, 6.07) is 1.85. The second-order valence-electron chi connectivity index (χ2n) is 14.0. The first-order valence-electron chi connectivity index (χ1n) is 20.9. The zero-order valence-corrected chi connectivity index (χ0v) is 37.7. The molecule has 0 aliphatic carbocycles. The standard InChI is InChI=1S/C24H38O5.C13H22O.C11H16O4/c1-7-8-9-10-11-12-13-14-15-16-17-19(25)20-18(2)21(26-3)23(28-5)24(29-6)22(20)27-4;1-2-3-4-5-6-7-8-9-10-11-12-13-14;1-7-6-8(12-2)10(14-4)11(15-5)9(7)13-3/h1,19,25H,8-17H2,2-6H3;1,13H,3-12H2;6H,1-5H3. The lowest BCUT2D eigenvalue weighted by atomic mass is 9.95. The van der Waals surface area contributed by atoms with E-state index >= 15 is 0 Å². The van der Waals surface area contributed by atoms with Gasteiger partial charge in [-0.2, -0.15) is 0 Å². The van der Waals surface area contributed by atoms with Crippen molar-refractivity contribution in [1.82, 2.24) is 0 Å². The Morgan fingerprint density at radius 1 is 0.517 bits per heavy atom. The molecular weight excluding hydrogens is 737 g/mol. The Morgan fingerprint density at radius 2 is 0.897 bits per heavy atom. The molecular formula is C48H76O10. The number of hydrogen-bond donors (Lipinski definition) is 1. The first-order chi connectivity index (χ1) is 28.2. The van der Waals surface area contributed by atoms with Crippen LogP contribution < -0.4 is 37.9 Å². The van der Waals surface area contributed by atoms with Crippen molar-refractivity contribution < 1.29 is 47.8 Å². The lowest BCUT2D eigenvalue weighted by Crippen LogP contribution is -2.08. The van der Waals surface area contributed by atoms with Gasteiger partial charge in [-0.1, -0.05) is 83.5 Å². The topological polar surface area (TPSA) is 111 Å². The highest BCUT2D eigenvalue weighted by Gasteiger charge is 2.28. The molecule has 0 fully saturated rings. The molecule has 328 valence electrons. The molecule has 1 atom stereocenters. The predicted molar refractivity (Wildman–Crippen MR) is 236 cm³/mol. The van der Waals surface area contributed by atoms with Crippen LogP contribution in [0.1, 0.15) is 151 Å². The molecule has 0 aromatic heterocycles. The lowest BCUT2D eigenvalue weighted by molar-refractivity contribution is -0.107. The van der Waals surface area contributed by atoms with E-state index in [0.717, 1.165) is 62.4 Å². The summed E-state index contributed by atoms with van der Waals surface area (Å²) in [5.74, 6) is 9.72. The monoisotopic (exact) mass is 813 g/mol. The lowest BCUT2D eigenvalue weighted by Gasteiger charge is -2.24. The van der Waals surface area contributed by atoms with Crippen LogP contribution in [0.25, 0.3) is 0 Å². The van der Waals surface area contributed by atoms with Crippen molar-refractivity contribution in [3.63, 3.8) is 0 Å². The maximum Gasteiger partial charge on any atom is 0.207 e. The van der Waals surface area contributed by atoms with Gasteiger partial charge in [0.25, 0.3) is 0 Å². The molecule has 10 heteroatoms. The van der Waals surface area contributed by atoms with Crippen molar-refractivity contribution in [3.8, 4) is 70.7 Å². The summed E-state index contributed by atoms with van der Waals surface area (Å²) in [6.45, 7) is 3.82. The molecule has 2 aromatic rings. The molecule has 0 saturated carbocycles. The van der Waals surface area contributed by atoms with Crippen molar-refractivity contribution in [1.29, 1.82) is 0 Å². The van der Waals surface area contributed by atoms with Crippen molar-refractivity contribution >= 4 is 6.29 Å². The molecule has 0 spiro atoms. The van der Waals surface area contributed by atoms with Crippen LogP contribution in [0, 0.1) is 38.5 Å². The van der Waals surface area contributed by atoms with E-state index < -0.39 is 6.10 Å². The molecule has 0 aliphatic heterocycles. The number of methoxy groups -OCH3 is 8. The third-order valence-corrected chi connectivity index (χ3v) is 9.87. The number of benzene rings is 2. The number of carbonyl (C=O) groups is 1. The summed E-state index contributed by atoms with van der Waals surface area (Å²) < 4.78 is 43.0. The largest absolute Gasteiger partial charge is 0.493 e. The fourth-order valence-corrected chi connectivity index (χ4v) is 6.80. The zero-order chi connectivity index (χ0) is 43.6. The van der Waals surface area contributed by atoms with Crippen LogP contribution in [0.3, 0.4) is 0 Å². The molecule has 0 amide bonds. The maximum atomic E-state index is 10.9. The van der Waals surface area contributed by atoms with Gasteiger partial charge in [0.15, 0.2) is 23.0 Å². The van der Waals surface area contributed by atoms with Crippen molar-refractivity contribution in [2.75, 3.05) is 56.9 Å². The highest BCUT2D eigenvalue weighted by Crippen LogP contribution is 2.51. The van der Waals surface area contributed by atoms with Crippen LogP contribution in [0.2, 0.25) is 0 Å². The number of terminal acetylenes is 2. The number of aliphatic hydroxyl groups excluding tert-OH is 1. The number of aryl methyl sites for hydroxylation is 1. The number of carbonyl (C=O) groups excluding carboxylic acids is 1. The Labute approximate surface area is 352 Å². The fraction of sp³-hybridized carbons (Fsp3) is 0.646. The summed E-state index contributed by atoms with van der Waals surface area (Å²) in [5.41, 5.74) is 2.45. The minimum atomic E-state index is -0.651. The Kier molecular flexibility index (Phi) is 32.0. The number of hydrogen-bond acceptors (Lipinski definition) is 10.